The average molecular weight is 239 g/mol. The van der Waals surface area contributed by atoms with Crippen LogP contribution in [0.2, 0.25) is 0 Å². The Hall–Kier alpha value is -1.69. The zero-order chi connectivity index (χ0) is 13.2. The first kappa shape index (κ1) is 13.4. The van der Waals surface area contributed by atoms with Gasteiger partial charge in [0, 0.05) is 13.1 Å². The van der Waals surface area contributed by atoms with E-state index in [1.165, 1.54) is 19.2 Å². The number of nitrogens with one attached hydrogen (secondary N) is 1. The standard InChI is InChI=1S/C11H17N3O3/c1-7(15)11(2,3)12-10(17)8-5-6-9(16)14(4)13-8/h5-7,15H,1-4H3,(H,12,17). The van der Waals surface area contributed by atoms with Crippen LogP contribution in [0.3, 0.4) is 0 Å². The molecule has 0 spiro atoms. The second-order valence-corrected chi connectivity index (χ2v) is 4.53. The second kappa shape index (κ2) is 4.67. The molecule has 2 N–H and O–H groups in total. The number of carbonyl (C=O) groups excluding carboxylic acids is 1. The van der Waals surface area contributed by atoms with Crippen LogP contribution in [-0.2, 0) is 7.05 Å². The summed E-state index contributed by atoms with van der Waals surface area (Å²) in [5, 5.41) is 16.0. The summed E-state index contributed by atoms with van der Waals surface area (Å²) in [5.74, 6) is -0.425. The van der Waals surface area contributed by atoms with Crippen molar-refractivity contribution in [2.75, 3.05) is 0 Å². The Balaban J connectivity index is 2.91. The number of hydrogen-bond donors (Lipinski definition) is 2. The maximum Gasteiger partial charge on any atom is 0.272 e. The first-order chi connectivity index (χ1) is 7.74. The van der Waals surface area contributed by atoms with Crippen molar-refractivity contribution in [3.8, 4) is 0 Å². The largest absolute Gasteiger partial charge is 0.391 e. The van der Waals surface area contributed by atoms with Gasteiger partial charge in [-0.05, 0) is 26.8 Å². The Labute approximate surface area is 99.3 Å². The van der Waals surface area contributed by atoms with Gasteiger partial charge >= 0.3 is 0 Å². The van der Waals surface area contributed by atoms with Crippen molar-refractivity contribution in [1.29, 1.82) is 0 Å². The highest BCUT2D eigenvalue weighted by Crippen LogP contribution is 2.09. The number of nitrogens with zero attached hydrogens (tertiary/aromatic N) is 2. The smallest absolute Gasteiger partial charge is 0.272 e. The van der Waals surface area contributed by atoms with Crippen molar-refractivity contribution in [2.45, 2.75) is 32.4 Å². The molecule has 0 bridgehead atoms. The Bertz CT molecular complexity index is 477. The molecule has 17 heavy (non-hydrogen) atoms. The Morgan fingerprint density at radius 1 is 1.53 bits per heavy atom. The van der Waals surface area contributed by atoms with Crippen LogP contribution in [0.15, 0.2) is 16.9 Å². The average Bonchev–Trinajstić information content (AvgIpc) is 2.21. The molecule has 0 aliphatic heterocycles. The molecule has 0 saturated carbocycles. The lowest BCUT2D eigenvalue weighted by Gasteiger charge is -2.29. The SMILES string of the molecule is CC(O)C(C)(C)NC(=O)c1ccc(=O)n(C)n1. The number of aliphatic hydroxyl groups is 1. The van der Waals surface area contributed by atoms with Gasteiger partial charge in [-0.25, -0.2) is 4.68 Å². The van der Waals surface area contributed by atoms with Crippen molar-refractivity contribution in [1.82, 2.24) is 15.1 Å². The Morgan fingerprint density at radius 3 is 2.59 bits per heavy atom. The Morgan fingerprint density at radius 2 is 2.12 bits per heavy atom. The molecule has 0 aliphatic rings. The molecule has 0 saturated heterocycles. The predicted octanol–water partition coefficient (Wildman–Crippen LogP) is -0.331. The maximum absolute atomic E-state index is 11.8. The van der Waals surface area contributed by atoms with Gasteiger partial charge < -0.3 is 10.4 Å². The van der Waals surface area contributed by atoms with Crippen LogP contribution in [0.4, 0.5) is 0 Å². The van der Waals surface area contributed by atoms with Crippen LogP contribution in [0.1, 0.15) is 31.3 Å². The van der Waals surface area contributed by atoms with Gasteiger partial charge in [0.25, 0.3) is 11.5 Å². The zero-order valence-electron chi connectivity index (χ0n) is 10.4. The van der Waals surface area contributed by atoms with Crippen LogP contribution in [0, 0.1) is 0 Å². The number of rotatable bonds is 3. The van der Waals surface area contributed by atoms with Gasteiger partial charge in [0.15, 0.2) is 0 Å². The molecule has 0 aliphatic carbocycles. The summed E-state index contributed by atoms with van der Waals surface area (Å²) in [6.07, 6.45) is -0.695. The van der Waals surface area contributed by atoms with Gasteiger partial charge in [0.05, 0.1) is 11.6 Å². The number of aryl methyl sites for hydroxylation is 1. The van der Waals surface area contributed by atoms with Gasteiger partial charge in [0.1, 0.15) is 5.69 Å². The fourth-order valence-electron chi connectivity index (χ4n) is 1.08. The van der Waals surface area contributed by atoms with E-state index in [1.807, 2.05) is 0 Å². The van der Waals surface area contributed by atoms with Crippen molar-refractivity contribution < 1.29 is 9.90 Å². The minimum absolute atomic E-state index is 0.140. The van der Waals surface area contributed by atoms with E-state index in [-0.39, 0.29) is 11.3 Å². The lowest BCUT2D eigenvalue weighted by atomic mass is 9.98. The number of aromatic nitrogens is 2. The number of amides is 1. The molecule has 1 heterocycles. The van der Waals surface area contributed by atoms with Crippen LogP contribution in [-0.4, -0.2) is 32.4 Å². The third kappa shape index (κ3) is 3.13. The lowest BCUT2D eigenvalue weighted by Crippen LogP contribution is -2.51. The number of carbonyl (C=O) groups is 1. The lowest BCUT2D eigenvalue weighted by molar-refractivity contribution is 0.0703. The van der Waals surface area contributed by atoms with Crippen molar-refractivity contribution in [2.24, 2.45) is 7.05 Å². The van der Waals surface area contributed by atoms with Crippen LogP contribution < -0.4 is 10.9 Å². The minimum atomic E-state index is -0.756. The molecule has 6 heteroatoms. The highest BCUT2D eigenvalue weighted by atomic mass is 16.3. The fraction of sp³-hybridized carbons (Fsp3) is 0.545. The quantitative estimate of drug-likeness (QED) is 0.756. The summed E-state index contributed by atoms with van der Waals surface area (Å²) in [6.45, 7) is 5.00. The molecule has 1 amide bonds. The van der Waals surface area contributed by atoms with Crippen molar-refractivity contribution >= 4 is 5.91 Å². The molecule has 1 unspecified atom stereocenters. The maximum atomic E-state index is 11.8. The van der Waals surface area contributed by atoms with Gasteiger partial charge in [-0.3, -0.25) is 9.59 Å². The third-order valence-electron chi connectivity index (χ3n) is 2.67. The Kier molecular flexibility index (Phi) is 3.67. The summed E-state index contributed by atoms with van der Waals surface area (Å²) in [6, 6.07) is 2.63. The van der Waals surface area contributed by atoms with Crippen LogP contribution in [0.25, 0.3) is 0 Å². The molecular formula is C11H17N3O3. The second-order valence-electron chi connectivity index (χ2n) is 4.53. The molecule has 0 fully saturated rings. The minimum Gasteiger partial charge on any atom is -0.391 e. The summed E-state index contributed by atoms with van der Waals surface area (Å²) in [7, 11) is 1.47. The van der Waals surface area contributed by atoms with E-state index >= 15 is 0 Å². The van der Waals surface area contributed by atoms with E-state index in [0.29, 0.717) is 0 Å². The van der Waals surface area contributed by atoms with Gasteiger partial charge in [0.2, 0.25) is 0 Å². The van der Waals surface area contributed by atoms with Crippen LogP contribution >= 0.6 is 0 Å². The number of aliphatic hydroxyl groups excluding tert-OH is 1. The topological polar surface area (TPSA) is 84.2 Å². The van der Waals surface area contributed by atoms with Gasteiger partial charge in [-0.15, -0.1) is 0 Å². The van der Waals surface area contributed by atoms with E-state index in [0.717, 1.165) is 4.68 Å². The first-order valence-corrected chi connectivity index (χ1v) is 5.29. The summed E-state index contributed by atoms with van der Waals surface area (Å²) in [5.41, 5.74) is -0.898. The summed E-state index contributed by atoms with van der Waals surface area (Å²) >= 11 is 0. The number of hydrogen-bond acceptors (Lipinski definition) is 4. The van der Waals surface area contributed by atoms with E-state index in [2.05, 4.69) is 10.4 Å². The third-order valence-corrected chi connectivity index (χ3v) is 2.67. The summed E-state index contributed by atoms with van der Waals surface area (Å²) in [4.78, 5) is 22.9. The molecule has 1 aromatic heterocycles. The highest BCUT2D eigenvalue weighted by Gasteiger charge is 2.27. The van der Waals surface area contributed by atoms with Crippen LogP contribution in [0.5, 0.6) is 0 Å². The normalized spacial score (nSPS) is 13.2. The molecular weight excluding hydrogens is 222 g/mol. The van der Waals surface area contributed by atoms with Crippen molar-refractivity contribution in [3.63, 3.8) is 0 Å². The molecule has 1 atom stereocenters. The first-order valence-electron chi connectivity index (χ1n) is 5.29. The summed E-state index contributed by atoms with van der Waals surface area (Å²) < 4.78 is 1.09. The molecule has 0 aromatic carbocycles. The predicted molar refractivity (Wildman–Crippen MR) is 62.7 cm³/mol. The molecule has 1 aromatic rings. The van der Waals surface area contributed by atoms with E-state index < -0.39 is 17.6 Å². The van der Waals surface area contributed by atoms with E-state index in [4.69, 9.17) is 0 Å². The van der Waals surface area contributed by atoms with E-state index in [1.54, 1.807) is 20.8 Å². The van der Waals surface area contributed by atoms with Crippen molar-refractivity contribution in [3.05, 3.63) is 28.2 Å². The highest BCUT2D eigenvalue weighted by molar-refractivity contribution is 5.92. The zero-order valence-corrected chi connectivity index (χ0v) is 10.4. The van der Waals surface area contributed by atoms with Gasteiger partial charge in [-0.1, -0.05) is 0 Å². The molecule has 94 valence electrons. The monoisotopic (exact) mass is 239 g/mol. The van der Waals surface area contributed by atoms with E-state index in [9.17, 15) is 14.7 Å². The molecule has 0 radical (unpaired) electrons. The molecule has 6 nitrogen and oxygen atoms in total. The molecule has 1 rings (SSSR count). The van der Waals surface area contributed by atoms with Gasteiger partial charge in [-0.2, -0.15) is 5.10 Å². The fourth-order valence-corrected chi connectivity index (χ4v) is 1.08.